The Hall–Kier alpha value is -1.65. The van der Waals surface area contributed by atoms with Crippen molar-refractivity contribution in [1.82, 2.24) is 9.78 Å². The molecule has 0 radical (unpaired) electrons. The maximum Gasteiger partial charge on any atom is 0.268 e. The Morgan fingerprint density at radius 3 is 2.65 bits per heavy atom. The molecule has 0 aromatic carbocycles. The van der Waals surface area contributed by atoms with Crippen molar-refractivity contribution in [2.45, 2.75) is 46.1 Å². The summed E-state index contributed by atoms with van der Waals surface area (Å²) in [4.78, 5) is 25.7. The zero-order valence-electron chi connectivity index (χ0n) is 12.3. The number of nitrogens with zero attached hydrogens (tertiary/aromatic N) is 3. The lowest BCUT2D eigenvalue weighted by molar-refractivity contribution is -0.120. The second-order valence-electron chi connectivity index (χ2n) is 5.29. The molecule has 1 aromatic heterocycles. The van der Waals surface area contributed by atoms with Crippen LogP contribution in [-0.4, -0.2) is 28.7 Å². The first-order chi connectivity index (χ1) is 9.65. The first kappa shape index (κ1) is 14.8. The second-order valence-corrected chi connectivity index (χ2v) is 5.29. The molecule has 1 aromatic rings. The van der Waals surface area contributed by atoms with E-state index in [0.717, 1.165) is 38.0 Å². The van der Waals surface area contributed by atoms with Crippen molar-refractivity contribution in [3.63, 3.8) is 0 Å². The van der Waals surface area contributed by atoms with Gasteiger partial charge >= 0.3 is 0 Å². The molecule has 1 fully saturated rings. The number of ketones is 1. The van der Waals surface area contributed by atoms with Crippen LogP contribution in [0.4, 0.5) is 5.69 Å². The first-order valence-corrected chi connectivity index (χ1v) is 7.50. The minimum Gasteiger partial charge on any atom is -0.371 e. The van der Waals surface area contributed by atoms with E-state index in [2.05, 4.69) is 23.8 Å². The summed E-state index contributed by atoms with van der Waals surface area (Å²) in [5, 5.41) is 4.23. The molecule has 110 valence electrons. The summed E-state index contributed by atoms with van der Waals surface area (Å²) in [5.41, 5.74) is 0.785. The Morgan fingerprint density at radius 2 is 2.10 bits per heavy atom. The van der Waals surface area contributed by atoms with Crippen LogP contribution in [0.1, 0.15) is 39.5 Å². The van der Waals surface area contributed by atoms with Crippen LogP contribution >= 0.6 is 0 Å². The average molecular weight is 277 g/mol. The highest BCUT2D eigenvalue weighted by Gasteiger charge is 2.24. The van der Waals surface area contributed by atoms with Crippen LogP contribution < -0.4 is 10.5 Å². The molecule has 1 aliphatic rings. The summed E-state index contributed by atoms with van der Waals surface area (Å²) in [6, 6.07) is 1.64. The zero-order valence-corrected chi connectivity index (χ0v) is 12.3. The summed E-state index contributed by atoms with van der Waals surface area (Å²) in [7, 11) is 0. The van der Waals surface area contributed by atoms with Gasteiger partial charge in [-0.05, 0) is 33.1 Å². The van der Waals surface area contributed by atoms with Crippen molar-refractivity contribution in [3.8, 4) is 0 Å². The van der Waals surface area contributed by atoms with Crippen molar-refractivity contribution in [3.05, 3.63) is 22.6 Å². The molecule has 1 aliphatic carbocycles. The minimum atomic E-state index is -0.0835. The number of carbonyl (C=O) groups excluding carboxylic acids is 1. The molecule has 0 saturated heterocycles. The van der Waals surface area contributed by atoms with Gasteiger partial charge < -0.3 is 4.90 Å². The topological polar surface area (TPSA) is 55.2 Å². The van der Waals surface area contributed by atoms with Crippen molar-refractivity contribution in [2.75, 3.05) is 18.0 Å². The van der Waals surface area contributed by atoms with Crippen molar-refractivity contribution >= 4 is 11.5 Å². The molecule has 20 heavy (non-hydrogen) atoms. The Kier molecular flexibility index (Phi) is 4.93. The number of carbonyl (C=O) groups is 1. The van der Waals surface area contributed by atoms with Crippen molar-refractivity contribution in [1.29, 1.82) is 0 Å². The van der Waals surface area contributed by atoms with E-state index in [9.17, 15) is 9.59 Å². The molecule has 1 saturated carbocycles. The molecule has 1 unspecified atom stereocenters. The zero-order chi connectivity index (χ0) is 14.5. The summed E-state index contributed by atoms with van der Waals surface area (Å²) in [5.74, 6) is 0.476. The highest BCUT2D eigenvalue weighted by Crippen LogP contribution is 2.24. The van der Waals surface area contributed by atoms with Crippen molar-refractivity contribution < 1.29 is 4.79 Å². The highest BCUT2D eigenvalue weighted by molar-refractivity contribution is 5.82. The first-order valence-electron chi connectivity index (χ1n) is 7.50. The smallest absolute Gasteiger partial charge is 0.268 e. The quantitative estimate of drug-likeness (QED) is 0.796. The Bertz CT molecular complexity index is 520. The van der Waals surface area contributed by atoms with Crippen molar-refractivity contribution in [2.24, 2.45) is 5.92 Å². The fraction of sp³-hybridized carbons (Fsp3) is 0.667. The SMILES string of the molecule is CCN(CC)c1cnn(CCC2CCCC2=O)c(=O)c1. The number of anilines is 1. The molecule has 1 atom stereocenters. The van der Waals surface area contributed by atoms with Gasteiger partial charge in [0.15, 0.2) is 0 Å². The predicted octanol–water partition coefficient (Wildman–Crippen LogP) is 1.85. The second kappa shape index (κ2) is 6.68. The van der Waals surface area contributed by atoms with Gasteiger partial charge in [0.2, 0.25) is 0 Å². The van der Waals surface area contributed by atoms with Crippen LogP contribution in [0.2, 0.25) is 0 Å². The normalized spacial score (nSPS) is 18.5. The van der Waals surface area contributed by atoms with E-state index >= 15 is 0 Å². The standard InChI is InChI=1S/C15H23N3O2/c1-3-17(4-2)13-10-15(20)18(16-11-13)9-8-12-6-5-7-14(12)19/h10-12H,3-9H2,1-2H3. The van der Waals surface area contributed by atoms with Gasteiger partial charge in [0.25, 0.3) is 5.56 Å². The monoisotopic (exact) mass is 277 g/mol. The van der Waals surface area contributed by atoms with Gasteiger partial charge in [0.05, 0.1) is 11.9 Å². The predicted molar refractivity (Wildman–Crippen MR) is 79.0 cm³/mol. The number of rotatable bonds is 6. The Morgan fingerprint density at radius 1 is 1.35 bits per heavy atom. The van der Waals surface area contributed by atoms with E-state index in [0.29, 0.717) is 18.7 Å². The number of aromatic nitrogens is 2. The molecule has 0 aliphatic heterocycles. The number of hydrogen-bond donors (Lipinski definition) is 0. The molecule has 0 bridgehead atoms. The molecule has 5 nitrogen and oxygen atoms in total. The summed E-state index contributed by atoms with van der Waals surface area (Å²) in [6.45, 7) is 6.37. The van der Waals surface area contributed by atoms with Gasteiger partial charge in [-0.15, -0.1) is 0 Å². The third kappa shape index (κ3) is 3.26. The maximum atomic E-state index is 12.1. The van der Waals surface area contributed by atoms with E-state index in [-0.39, 0.29) is 11.5 Å². The van der Waals surface area contributed by atoms with Crippen LogP contribution in [0, 0.1) is 5.92 Å². The number of Topliss-reactive ketones (excluding diaryl/α,β-unsaturated/α-hetero) is 1. The lowest BCUT2D eigenvalue weighted by Gasteiger charge is -2.20. The van der Waals surface area contributed by atoms with E-state index in [1.165, 1.54) is 4.68 Å². The molecule has 0 N–H and O–H groups in total. The Labute approximate surface area is 119 Å². The molecular formula is C15H23N3O2. The van der Waals surface area contributed by atoms with E-state index in [1.54, 1.807) is 12.3 Å². The van der Waals surface area contributed by atoms with Gasteiger partial charge in [-0.25, -0.2) is 4.68 Å². The van der Waals surface area contributed by atoms with E-state index < -0.39 is 0 Å². The van der Waals surface area contributed by atoms with Crippen LogP contribution in [0.3, 0.4) is 0 Å². The lowest BCUT2D eigenvalue weighted by Crippen LogP contribution is -2.28. The van der Waals surface area contributed by atoms with Gasteiger partial charge in [-0.2, -0.15) is 5.10 Å². The van der Waals surface area contributed by atoms with Crippen LogP contribution in [0.15, 0.2) is 17.1 Å². The Balaban J connectivity index is 2.02. The third-order valence-electron chi connectivity index (χ3n) is 4.10. The fourth-order valence-corrected chi connectivity index (χ4v) is 2.82. The molecule has 0 amide bonds. The largest absolute Gasteiger partial charge is 0.371 e. The number of aryl methyl sites for hydroxylation is 1. The van der Waals surface area contributed by atoms with E-state index in [4.69, 9.17) is 0 Å². The lowest BCUT2D eigenvalue weighted by atomic mass is 10.0. The summed E-state index contributed by atoms with van der Waals surface area (Å²) >= 11 is 0. The molecule has 1 heterocycles. The minimum absolute atomic E-state index is 0.0835. The molecule has 0 spiro atoms. The molecule has 5 heteroatoms. The van der Waals surface area contributed by atoms with Gasteiger partial charge in [-0.1, -0.05) is 0 Å². The fourth-order valence-electron chi connectivity index (χ4n) is 2.82. The maximum absolute atomic E-state index is 12.1. The summed E-state index contributed by atoms with van der Waals surface area (Å²) in [6.07, 6.45) is 5.13. The van der Waals surface area contributed by atoms with Gasteiger partial charge in [0.1, 0.15) is 5.78 Å². The van der Waals surface area contributed by atoms with Gasteiger partial charge in [0, 0.05) is 38.0 Å². The van der Waals surface area contributed by atoms with Crippen LogP contribution in [-0.2, 0) is 11.3 Å². The number of hydrogen-bond acceptors (Lipinski definition) is 4. The highest BCUT2D eigenvalue weighted by atomic mass is 16.1. The summed E-state index contributed by atoms with van der Waals surface area (Å²) < 4.78 is 1.47. The van der Waals surface area contributed by atoms with Gasteiger partial charge in [-0.3, -0.25) is 9.59 Å². The molecule has 2 rings (SSSR count). The third-order valence-corrected chi connectivity index (χ3v) is 4.10. The average Bonchev–Trinajstić information content (AvgIpc) is 2.85. The van der Waals surface area contributed by atoms with Crippen LogP contribution in [0.5, 0.6) is 0 Å². The molecular weight excluding hydrogens is 254 g/mol. The van der Waals surface area contributed by atoms with E-state index in [1.807, 2.05) is 0 Å². The van der Waals surface area contributed by atoms with Crippen LogP contribution in [0.25, 0.3) is 0 Å².